The molecule has 1 heterocycles. The number of rotatable bonds is 2. The highest BCUT2D eigenvalue weighted by molar-refractivity contribution is 5.93. The van der Waals surface area contributed by atoms with Crippen LogP contribution in [0.1, 0.15) is 43.5 Å². The molecule has 88 valence electrons. The third-order valence-corrected chi connectivity index (χ3v) is 3.56. The molecule has 2 rings (SSSR count). The van der Waals surface area contributed by atoms with Crippen molar-refractivity contribution in [2.75, 3.05) is 0 Å². The second kappa shape index (κ2) is 4.73. The smallest absolute Gasteiger partial charge is 0.254 e. The van der Waals surface area contributed by atoms with Crippen LogP contribution < -0.4 is 5.32 Å². The van der Waals surface area contributed by atoms with Crippen LogP contribution in [-0.2, 0) is 0 Å². The molecular formula is C13H19NO2. The molecule has 1 aromatic rings. The summed E-state index contributed by atoms with van der Waals surface area (Å²) < 4.78 is 4.91. The Hall–Kier alpha value is -1.25. The Morgan fingerprint density at radius 3 is 2.94 bits per heavy atom. The van der Waals surface area contributed by atoms with Gasteiger partial charge in [0.15, 0.2) is 0 Å². The molecule has 1 fully saturated rings. The maximum atomic E-state index is 11.9. The van der Waals surface area contributed by atoms with Crippen molar-refractivity contribution >= 4 is 5.91 Å². The Kier molecular flexibility index (Phi) is 3.32. The lowest BCUT2D eigenvalue weighted by Gasteiger charge is -2.33. The highest BCUT2D eigenvalue weighted by Crippen LogP contribution is 2.28. The first kappa shape index (κ1) is 11.2. The molecule has 0 saturated heterocycles. The van der Waals surface area contributed by atoms with Gasteiger partial charge in [-0.3, -0.25) is 4.79 Å². The van der Waals surface area contributed by atoms with Crippen molar-refractivity contribution in [2.45, 2.75) is 39.2 Å². The number of hydrogen-bond donors (Lipinski definition) is 1. The summed E-state index contributed by atoms with van der Waals surface area (Å²) in [5.41, 5.74) is 0.616. The van der Waals surface area contributed by atoms with Gasteiger partial charge in [-0.2, -0.15) is 0 Å². The molecular weight excluding hydrogens is 202 g/mol. The molecule has 0 aromatic carbocycles. The van der Waals surface area contributed by atoms with Crippen molar-refractivity contribution in [1.29, 1.82) is 0 Å². The van der Waals surface area contributed by atoms with Crippen molar-refractivity contribution in [3.05, 3.63) is 24.2 Å². The van der Waals surface area contributed by atoms with Gasteiger partial charge in [0, 0.05) is 6.04 Å². The van der Waals surface area contributed by atoms with Gasteiger partial charge in [0.25, 0.3) is 5.91 Å². The second-order valence-corrected chi connectivity index (χ2v) is 4.99. The van der Waals surface area contributed by atoms with Gasteiger partial charge < -0.3 is 9.73 Å². The average molecular weight is 221 g/mol. The molecule has 3 heteroatoms. The highest BCUT2D eigenvalue weighted by atomic mass is 16.3. The number of carbonyl (C=O) groups is 1. The largest absolute Gasteiger partial charge is 0.472 e. The van der Waals surface area contributed by atoms with Crippen LogP contribution in [0, 0.1) is 11.8 Å². The van der Waals surface area contributed by atoms with Crippen LogP contribution in [0.5, 0.6) is 0 Å². The first-order chi connectivity index (χ1) is 7.66. The third kappa shape index (κ3) is 2.46. The minimum atomic E-state index is -0.0142. The Morgan fingerprint density at radius 1 is 1.44 bits per heavy atom. The standard InChI is InChI=1S/C13H19NO2/c1-9-3-4-10(2)12(7-9)14-13(15)11-5-6-16-8-11/h5-6,8-10,12H,3-4,7H2,1-2H3,(H,14,15). The predicted octanol–water partition coefficient (Wildman–Crippen LogP) is 2.83. The number of hydrogen-bond acceptors (Lipinski definition) is 2. The van der Waals surface area contributed by atoms with Crippen molar-refractivity contribution < 1.29 is 9.21 Å². The van der Waals surface area contributed by atoms with Crippen LogP contribution in [0.4, 0.5) is 0 Å². The fourth-order valence-corrected chi connectivity index (χ4v) is 2.38. The first-order valence-electron chi connectivity index (χ1n) is 6.00. The van der Waals surface area contributed by atoms with Crippen molar-refractivity contribution in [1.82, 2.24) is 5.32 Å². The molecule has 0 spiro atoms. The molecule has 1 saturated carbocycles. The first-order valence-corrected chi connectivity index (χ1v) is 6.00. The van der Waals surface area contributed by atoms with E-state index in [0.717, 1.165) is 6.42 Å². The Balaban J connectivity index is 1.95. The minimum Gasteiger partial charge on any atom is -0.472 e. The van der Waals surface area contributed by atoms with Gasteiger partial charge in [0.05, 0.1) is 11.8 Å². The van der Waals surface area contributed by atoms with Gasteiger partial charge in [-0.05, 0) is 30.7 Å². The lowest BCUT2D eigenvalue weighted by Crippen LogP contribution is -2.42. The van der Waals surface area contributed by atoms with Gasteiger partial charge in [0.1, 0.15) is 6.26 Å². The van der Waals surface area contributed by atoms with Crippen LogP contribution in [-0.4, -0.2) is 11.9 Å². The van der Waals surface area contributed by atoms with E-state index in [4.69, 9.17) is 4.42 Å². The van der Waals surface area contributed by atoms with Gasteiger partial charge in [0.2, 0.25) is 0 Å². The lowest BCUT2D eigenvalue weighted by atomic mass is 9.80. The van der Waals surface area contributed by atoms with Gasteiger partial charge in [-0.1, -0.05) is 20.3 Å². The summed E-state index contributed by atoms with van der Waals surface area (Å²) in [6.45, 7) is 4.47. The van der Waals surface area contributed by atoms with Crippen molar-refractivity contribution in [2.24, 2.45) is 11.8 Å². The molecule has 0 bridgehead atoms. The molecule has 3 nitrogen and oxygen atoms in total. The fourth-order valence-electron chi connectivity index (χ4n) is 2.38. The van der Waals surface area contributed by atoms with E-state index in [0.29, 0.717) is 23.4 Å². The van der Waals surface area contributed by atoms with Crippen LogP contribution in [0.25, 0.3) is 0 Å². The topological polar surface area (TPSA) is 42.2 Å². The van der Waals surface area contributed by atoms with Crippen LogP contribution in [0.15, 0.2) is 23.0 Å². The fraction of sp³-hybridized carbons (Fsp3) is 0.615. The van der Waals surface area contributed by atoms with E-state index in [-0.39, 0.29) is 5.91 Å². The predicted molar refractivity (Wildman–Crippen MR) is 62.1 cm³/mol. The summed E-state index contributed by atoms with van der Waals surface area (Å²) in [5.74, 6) is 1.28. The minimum absolute atomic E-state index is 0.0142. The summed E-state index contributed by atoms with van der Waals surface area (Å²) in [6, 6.07) is 2.01. The molecule has 1 amide bonds. The van der Waals surface area contributed by atoms with E-state index >= 15 is 0 Å². The molecule has 1 aliphatic rings. The van der Waals surface area contributed by atoms with Crippen LogP contribution in [0.3, 0.4) is 0 Å². The molecule has 0 radical (unpaired) electrons. The molecule has 3 atom stereocenters. The summed E-state index contributed by atoms with van der Waals surface area (Å²) in [6.07, 6.45) is 6.59. The van der Waals surface area contributed by atoms with Crippen LogP contribution >= 0.6 is 0 Å². The Labute approximate surface area is 96.2 Å². The Morgan fingerprint density at radius 2 is 2.25 bits per heavy atom. The Bertz CT molecular complexity index is 345. The highest BCUT2D eigenvalue weighted by Gasteiger charge is 2.27. The number of nitrogens with one attached hydrogen (secondary N) is 1. The van der Waals surface area contributed by atoms with Crippen molar-refractivity contribution in [3.63, 3.8) is 0 Å². The van der Waals surface area contributed by atoms with E-state index in [1.54, 1.807) is 6.07 Å². The quantitative estimate of drug-likeness (QED) is 0.834. The molecule has 1 aliphatic carbocycles. The summed E-state index contributed by atoms with van der Waals surface area (Å²) in [7, 11) is 0. The zero-order valence-electron chi connectivity index (χ0n) is 9.90. The number of furan rings is 1. The van der Waals surface area contributed by atoms with Gasteiger partial charge in [-0.25, -0.2) is 0 Å². The molecule has 1 aromatic heterocycles. The third-order valence-electron chi connectivity index (χ3n) is 3.56. The SMILES string of the molecule is CC1CCC(C)C(NC(=O)c2ccoc2)C1. The van der Waals surface area contributed by atoms with Gasteiger partial charge in [-0.15, -0.1) is 0 Å². The van der Waals surface area contributed by atoms with E-state index in [2.05, 4.69) is 19.2 Å². The zero-order chi connectivity index (χ0) is 11.5. The lowest BCUT2D eigenvalue weighted by molar-refractivity contribution is 0.0897. The van der Waals surface area contributed by atoms with Gasteiger partial charge >= 0.3 is 0 Å². The maximum absolute atomic E-state index is 11.9. The van der Waals surface area contributed by atoms with Crippen molar-refractivity contribution in [3.8, 4) is 0 Å². The maximum Gasteiger partial charge on any atom is 0.254 e. The van der Waals surface area contributed by atoms with E-state index in [9.17, 15) is 4.79 Å². The molecule has 16 heavy (non-hydrogen) atoms. The molecule has 0 aliphatic heterocycles. The van der Waals surface area contributed by atoms with E-state index < -0.39 is 0 Å². The zero-order valence-corrected chi connectivity index (χ0v) is 9.90. The van der Waals surface area contributed by atoms with E-state index in [1.165, 1.54) is 25.4 Å². The van der Waals surface area contributed by atoms with E-state index in [1.807, 2.05) is 0 Å². The summed E-state index contributed by atoms with van der Waals surface area (Å²) >= 11 is 0. The van der Waals surface area contributed by atoms with Crippen LogP contribution in [0.2, 0.25) is 0 Å². The summed E-state index contributed by atoms with van der Waals surface area (Å²) in [4.78, 5) is 11.9. The summed E-state index contributed by atoms with van der Waals surface area (Å²) in [5, 5.41) is 3.10. The molecule has 1 N–H and O–H groups in total. The second-order valence-electron chi connectivity index (χ2n) is 4.99. The monoisotopic (exact) mass is 221 g/mol. The number of carbonyl (C=O) groups excluding carboxylic acids is 1. The number of amides is 1. The molecule has 3 unspecified atom stereocenters. The average Bonchev–Trinajstić information content (AvgIpc) is 2.76. The normalized spacial score (nSPS) is 30.0.